The van der Waals surface area contributed by atoms with E-state index in [9.17, 15) is 4.79 Å². The molecule has 0 aromatic rings. The molecule has 1 aliphatic heterocycles. The highest BCUT2D eigenvalue weighted by Crippen LogP contribution is 2.23. The second-order valence-corrected chi connectivity index (χ2v) is 3.64. The van der Waals surface area contributed by atoms with E-state index in [0.29, 0.717) is 13.1 Å². The molecule has 0 unspecified atom stereocenters. The average molecular weight is 172 g/mol. The van der Waals surface area contributed by atoms with E-state index >= 15 is 0 Å². The van der Waals surface area contributed by atoms with Gasteiger partial charge in [-0.2, -0.15) is 0 Å². The number of methoxy groups -OCH3 is 1. The van der Waals surface area contributed by atoms with E-state index in [0.717, 1.165) is 0 Å². The number of nitrogens with zero attached hydrogens (tertiary/aromatic N) is 1. The second kappa shape index (κ2) is 3.03. The smallest absolute Gasteiger partial charge is 0.239 e. The van der Waals surface area contributed by atoms with Crippen molar-refractivity contribution in [3.05, 3.63) is 0 Å². The van der Waals surface area contributed by atoms with Gasteiger partial charge in [-0.05, 0) is 13.8 Å². The third-order valence-corrected chi connectivity index (χ3v) is 2.24. The number of rotatable bonds is 2. The number of nitrogens with two attached hydrogens (primary N) is 1. The summed E-state index contributed by atoms with van der Waals surface area (Å²) in [6.45, 7) is 5.00. The zero-order valence-electron chi connectivity index (χ0n) is 7.83. The van der Waals surface area contributed by atoms with Crippen LogP contribution in [0, 0.1) is 0 Å². The number of hydrogen-bond donors (Lipinski definition) is 1. The molecule has 70 valence electrons. The fourth-order valence-electron chi connectivity index (χ4n) is 1.33. The first kappa shape index (κ1) is 9.48. The lowest BCUT2D eigenvalue weighted by Crippen LogP contribution is -2.64. The fourth-order valence-corrected chi connectivity index (χ4v) is 1.33. The Hall–Kier alpha value is -0.610. The van der Waals surface area contributed by atoms with Crippen LogP contribution in [-0.2, 0) is 9.53 Å². The maximum Gasteiger partial charge on any atom is 0.239 e. The SMILES string of the molecule is COC1(C)CN(C(=O)[C@@H](C)N)C1. The molecule has 0 bridgehead atoms. The van der Waals surface area contributed by atoms with Gasteiger partial charge < -0.3 is 15.4 Å². The van der Waals surface area contributed by atoms with E-state index in [4.69, 9.17) is 10.5 Å². The molecular weight excluding hydrogens is 156 g/mol. The molecule has 4 nitrogen and oxygen atoms in total. The third-order valence-electron chi connectivity index (χ3n) is 2.24. The second-order valence-electron chi connectivity index (χ2n) is 3.64. The van der Waals surface area contributed by atoms with Gasteiger partial charge in [0.1, 0.15) is 0 Å². The predicted octanol–water partition coefficient (Wildman–Crippen LogP) is -0.419. The molecule has 2 N–H and O–H groups in total. The lowest BCUT2D eigenvalue weighted by Gasteiger charge is -2.47. The molecule has 1 rings (SSSR count). The summed E-state index contributed by atoms with van der Waals surface area (Å²) in [5.74, 6) is 0.00419. The fraction of sp³-hybridized carbons (Fsp3) is 0.875. The van der Waals surface area contributed by atoms with Crippen molar-refractivity contribution < 1.29 is 9.53 Å². The summed E-state index contributed by atoms with van der Waals surface area (Å²) in [5, 5.41) is 0. The Morgan fingerprint density at radius 1 is 1.67 bits per heavy atom. The Kier molecular flexibility index (Phi) is 2.39. The number of hydrogen-bond acceptors (Lipinski definition) is 3. The summed E-state index contributed by atoms with van der Waals surface area (Å²) in [4.78, 5) is 13.0. The van der Waals surface area contributed by atoms with E-state index in [1.165, 1.54) is 0 Å². The van der Waals surface area contributed by atoms with Crippen molar-refractivity contribution in [2.75, 3.05) is 20.2 Å². The minimum atomic E-state index is -0.397. The van der Waals surface area contributed by atoms with Crippen molar-refractivity contribution in [2.45, 2.75) is 25.5 Å². The Morgan fingerprint density at radius 2 is 2.17 bits per heavy atom. The van der Waals surface area contributed by atoms with Gasteiger partial charge in [-0.15, -0.1) is 0 Å². The molecule has 0 spiro atoms. The Balaban J connectivity index is 2.39. The first-order chi connectivity index (χ1) is 5.48. The van der Waals surface area contributed by atoms with Crippen LogP contribution in [0.25, 0.3) is 0 Å². The van der Waals surface area contributed by atoms with Crippen molar-refractivity contribution in [1.82, 2.24) is 4.90 Å². The van der Waals surface area contributed by atoms with E-state index in [2.05, 4.69) is 0 Å². The normalized spacial score (nSPS) is 23.2. The maximum atomic E-state index is 11.3. The average Bonchev–Trinajstić information content (AvgIpc) is 1.97. The van der Waals surface area contributed by atoms with E-state index in [-0.39, 0.29) is 11.5 Å². The highest BCUT2D eigenvalue weighted by atomic mass is 16.5. The summed E-state index contributed by atoms with van der Waals surface area (Å²) < 4.78 is 5.20. The molecule has 1 fully saturated rings. The largest absolute Gasteiger partial charge is 0.375 e. The van der Waals surface area contributed by atoms with E-state index in [1.54, 1.807) is 18.9 Å². The molecule has 4 heteroatoms. The lowest BCUT2D eigenvalue weighted by atomic mass is 9.96. The van der Waals surface area contributed by atoms with Crippen molar-refractivity contribution in [1.29, 1.82) is 0 Å². The minimum Gasteiger partial charge on any atom is -0.375 e. The molecule has 0 aromatic carbocycles. The van der Waals surface area contributed by atoms with Crippen LogP contribution in [0.3, 0.4) is 0 Å². The van der Waals surface area contributed by atoms with Gasteiger partial charge in [0.15, 0.2) is 0 Å². The Bertz CT molecular complexity index is 185. The maximum absolute atomic E-state index is 11.3. The van der Waals surface area contributed by atoms with Crippen molar-refractivity contribution in [3.63, 3.8) is 0 Å². The van der Waals surface area contributed by atoms with E-state index < -0.39 is 6.04 Å². The van der Waals surface area contributed by atoms with Gasteiger partial charge in [0.2, 0.25) is 5.91 Å². The predicted molar refractivity (Wildman–Crippen MR) is 45.6 cm³/mol. The summed E-state index contributed by atoms with van der Waals surface area (Å²) in [5.41, 5.74) is 5.30. The standard InChI is InChI=1S/C8H16N2O2/c1-6(9)7(11)10-4-8(2,5-10)12-3/h6H,4-5,9H2,1-3H3/t6-/m1/s1. The van der Waals surface area contributed by atoms with Crippen molar-refractivity contribution >= 4 is 5.91 Å². The number of ether oxygens (including phenoxy) is 1. The molecule has 1 saturated heterocycles. The van der Waals surface area contributed by atoms with Crippen LogP contribution in [0.2, 0.25) is 0 Å². The first-order valence-corrected chi connectivity index (χ1v) is 4.08. The van der Waals surface area contributed by atoms with Gasteiger partial charge in [0, 0.05) is 7.11 Å². The molecule has 0 aliphatic carbocycles. The number of carbonyl (C=O) groups is 1. The van der Waals surface area contributed by atoms with Crippen LogP contribution in [0.4, 0.5) is 0 Å². The molecule has 0 aromatic heterocycles. The summed E-state index contributed by atoms with van der Waals surface area (Å²) in [7, 11) is 1.66. The zero-order chi connectivity index (χ0) is 9.35. The summed E-state index contributed by atoms with van der Waals surface area (Å²) in [6.07, 6.45) is 0. The van der Waals surface area contributed by atoms with Crippen molar-refractivity contribution in [2.24, 2.45) is 5.73 Å². The molecule has 12 heavy (non-hydrogen) atoms. The van der Waals surface area contributed by atoms with Crippen LogP contribution < -0.4 is 5.73 Å². The van der Waals surface area contributed by atoms with Crippen molar-refractivity contribution in [3.8, 4) is 0 Å². The molecule has 1 heterocycles. The van der Waals surface area contributed by atoms with Crippen LogP contribution in [0.5, 0.6) is 0 Å². The number of carbonyl (C=O) groups excluding carboxylic acids is 1. The van der Waals surface area contributed by atoms with Gasteiger partial charge in [0.25, 0.3) is 0 Å². The van der Waals surface area contributed by atoms with Gasteiger partial charge in [-0.1, -0.05) is 0 Å². The molecular formula is C8H16N2O2. The van der Waals surface area contributed by atoms with Gasteiger partial charge in [-0.25, -0.2) is 0 Å². The molecule has 0 saturated carbocycles. The molecule has 1 atom stereocenters. The summed E-state index contributed by atoms with van der Waals surface area (Å²) in [6, 6.07) is -0.397. The molecule has 1 amide bonds. The van der Waals surface area contributed by atoms with Crippen LogP contribution in [0.15, 0.2) is 0 Å². The number of likely N-dealkylation sites (tertiary alicyclic amines) is 1. The summed E-state index contributed by atoms with van der Waals surface area (Å²) >= 11 is 0. The monoisotopic (exact) mass is 172 g/mol. The quantitative estimate of drug-likeness (QED) is 0.615. The van der Waals surface area contributed by atoms with Crippen LogP contribution >= 0.6 is 0 Å². The van der Waals surface area contributed by atoms with Gasteiger partial charge >= 0.3 is 0 Å². The minimum absolute atomic E-state index is 0.00419. The van der Waals surface area contributed by atoms with Gasteiger partial charge in [0.05, 0.1) is 24.7 Å². The lowest BCUT2D eigenvalue weighted by molar-refractivity contribution is -0.158. The van der Waals surface area contributed by atoms with Gasteiger partial charge in [-0.3, -0.25) is 4.79 Å². The third kappa shape index (κ3) is 1.59. The molecule has 1 aliphatic rings. The highest BCUT2D eigenvalue weighted by molar-refractivity contribution is 5.82. The van der Waals surface area contributed by atoms with E-state index in [1.807, 2.05) is 6.92 Å². The topological polar surface area (TPSA) is 55.6 Å². The van der Waals surface area contributed by atoms with Crippen LogP contribution in [-0.4, -0.2) is 42.6 Å². The Labute approximate surface area is 72.7 Å². The highest BCUT2D eigenvalue weighted by Gasteiger charge is 2.41. The Morgan fingerprint density at radius 3 is 2.50 bits per heavy atom. The zero-order valence-corrected chi connectivity index (χ0v) is 7.83. The molecule has 0 radical (unpaired) electrons. The number of amides is 1. The first-order valence-electron chi connectivity index (χ1n) is 4.08. The van der Waals surface area contributed by atoms with Crippen LogP contribution in [0.1, 0.15) is 13.8 Å².